The van der Waals surface area contributed by atoms with Gasteiger partial charge in [-0.15, -0.1) is 0 Å². The zero-order valence-electron chi connectivity index (χ0n) is 2.39. The Balaban J connectivity index is 0. The largest absolute Gasteiger partial charge is 2.00 e. The molecule has 0 rings (SSSR count). The van der Waals surface area contributed by atoms with Crippen LogP contribution in [0.25, 0.3) is 0 Å². The van der Waals surface area contributed by atoms with Gasteiger partial charge in [0.25, 0.3) is 0 Å². The first kappa shape index (κ1) is 9.71. The van der Waals surface area contributed by atoms with Gasteiger partial charge in [-0.05, 0) is 0 Å². The summed E-state index contributed by atoms with van der Waals surface area (Å²) >= 11 is 0. The molecule has 0 N–H and O–H groups in total. The van der Waals surface area contributed by atoms with Crippen molar-refractivity contribution in [3.8, 4) is 0 Å². The standard InChI is InChI=1S/H2O4S.Ru/c1-5(2,3)4;/h(H2,1,2,3,4);/q;+2/p-2. The molecule has 6 heteroatoms. The van der Waals surface area contributed by atoms with Gasteiger partial charge >= 0.3 is 19.5 Å². The van der Waals surface area contributed by atoms with Crippen molar-refractivity contribution in [2.24, 2.45) is 0 Å². The second-order valence-electron chi connectivity index (χ2n) is 0.408. The average molecular weight is 197 g/mol. The summed E-state index contributed by atoms with van der Waals surface area (Å²) in [5, 5.41) is 0. The minimum atomic E-state index is -5.17. The molecule has 0 saturated carbocycles. The van der Waals surface area contributed by atoms with Crippen LogP contribution in [0.4, 0.5) is 0 Å². The molecule has 0 unspecified atom stereocenters. The van der Waals surface area contributed by atoms with Crippen molar-refractivity contribution in [2.45, 2.75) is 0 Å². The molecule has 0 atom stereocenters. The first-order chi connectivity index (χ1) is 2.00. The summed E-state index contributed by atoms with van der Waals surface area (Å²) in [6.07, 6.45) is 0. The molecule has 0 fully saturated rings. The molecule has 38 valence electrons. The van der Waals surface area contributed by atoms with Gasteiger partial charge in [-0.3, -0.25) is 8.42 Å². The zero-order valence-corrected chi connectivity index (χ0v) is 4.95. The maximum absolute atomic E-state index is 8.52. The maximum atomic E-state index is 8.52. The van der Waals surface area contributed by atoms with E-state index in [1.165, 1.54) is 0 Å². The van der Waals surface area contributed by atoms with Gasteiger partial charge in [0, 0.05) is 10.4 Å². The van der Waals surface area contributed by atoms with Crippen LogP contribution < -0.4 is 0 Å². The Hall–Kier alpha value is 0.493. The normalized spacial score (nSPS) is 9.67. The molecule has 0 aromatic carbocycles. The zero-order chi connectivity index (χ0) is 4.50. The van der Waals surface area contributed by atoms with E-state index in [0.29, 0.717) is 0 Å². The Labute approximate surface area is 47.9 Å². The molecular formula is O4RuS. The quantitative estimate of drug-likeness (QED) is 0.273. The summed E-state index contributed by atoms with van der Waals surface area (Å²) in [5.74, 6) is 0. The Morgan fingerprint density at radius 3 is 1.17 bits per heavy atom. The van der Waals surface area contributed by atoms with Gasteiger partial charge in [0.05, 0.1) is 0 Å². The van der Waals surface area contributed by atoms with Crippen LogP contribution in [0, 0.1) is 0 Å². The molecule has 0 saturated heterocycles. The van der Waals surface area contributed by atoms with Crippen LogP contribution in [0.15, 0.2) is 0 Å². The number of rotatable bonds is 0. The number of hydrogen-bond donors (Lipinski definition) is 0. The van der Waals surface area contributed by atoms with Gasteiger partial charge in [-0.1, -0.05) is 0 Å². The predicted molar refractivity (Wildman–Crippen MR) is 10.5 cm³/mol. The van der Waals surface area contributed by atoms with E-state index in [1.54, 1.807) is 0 Å². The van der Waals surface area contributed by atoms with E-state index in [2.05, 4.69) is 0 Å². The topological polar surface area (TPSA) is 80.3 Å². The Morgan fingerprint density at radius 2 is 1.17 bits per heavy atom. The van der Waals surface area contributed by atoms with Crippen molar-refractivity contribution in [3.63, 3.8) is 0 Å². The summed E-state index contributed by atoms with van der Waals surface area (Å²) in [6.45, 7) is 0. The molecule has 0 aromatic rings. The van der Waals surface area contributed by atoms with Gasteiger partial charge in [0.1, 0.15) is 0 Å². The van der Waals surface area contributed by atoms with Gasteiger partial charge in [0.15, 0.2) is 0 Å². The van der Waals surface area contributed by atoms with E-state index in [-0.39, 0.29) is 19.5 Å². The van der Waals surface area contributed by atoms with Crippen LogP contribution >= 0.6 is 0 Å². The van der Waals surface area contributed by atoms with Crippen molar-refractivity contribution >= 4 is 10.4 Å². The molecule has 6 heavy (non-hydrogen) atoms. The monoisotopic (exact) mass is 198 g/mol. The van der Waals surface area contributed by atoms with Crippen LogP contribution in [-0.4, -0.2) is 17.5 Å². The molecule has 0 aliphatic carbocycles. The summed E-state index contributed by atoms with van der Waals surface area (Å²) in [5.41, 5.74) is 0. The van der Waals surface area contributed by atoms with E-state index in [4.69, 9.17) is 17.5 Å². The Bertz CT molecular complexity index is 90.7. The van der Waals surface area contributed by atoms with Crippen LogP contribution in [0.3, 0.4) is 0 Å². The summed E-state index contributed by atoms with van der Waals surface area (Å²) in [4.78, 5) is 0. The molecule has 0 spiro atoms. The van der Waals surface area contributed by atoms with Gasteiger partial charge in [0.2, 0.25) is 0 Å². The van der Waals surface area contributed by atoms with E-state index in [0.717, 1.165) is 0 Å². The predicted octanol–water partition coefficient (Wildman–Crippen LogP) is -1.34. The minimum Gasteiger partial charge on any atom is -0.759 e. The van der Waals surface area contributed by atoms with Crippen LogP contribution in [0.5, 0.6) is 0 Å². The fraction of sp³-hybridized carbons (Fsp3) is 0. The smallest absolute Gasteiger partial charge is 0.759 e. The maximum Gasteiger partial charge on any atom is 2.00 e. The van der Waals surface area contributed by atoms with E-state index < -0.39 is 10.4 Å². The molecule has 0 aromatic heterocycles. The Kier molecular flexibility index (Phi) is 4.25. The summed E-state index contributed by atoms with van der Waals surface area (Å²) in [7, 11) is -5.17. The van der Waals surface area contributed by atoms with Crippen molar-refractivity contribution in [3.05, 3.63) is 0 Å². The molecule has 0 aliphatic heterocycles. The average Bonchev–Trinajstić information content (AvgIpc) is 0.722. The molecule has 4 nitrogen and oxygen atoms in total. The summed E-state index contributed by atoms with van der Waals surface area (Å²) in [6, 6.07) is 0. The summed E-state index contributed by atoms with van der Waals surface area (Å²) < 4.78 is 34.1. The molecule has 0 heterocycles. The fourth-order valence-corrected chi connectivity index (χ4v) is 0. The minimum absolute atomic E-state index is 0. The van der Waals surface area contributed by atoms with Gasteiger partial charge in [-0.2, -0.15) is 0 Å². The molecule has 0 aliphatic rings. The SMILES string of the molecule is O=S(=O)([O-])[O-].[Ru+2]. The van der Waals surface area contributed by atoms with E-state index in [9.17, 15) is 0 Å². The molecule has 0 radical (unpaired) electrons. The Morgan fingerprint density at radius 1 is 1.17 bits per heavy atom. The first-order valence-electron chi connectivity index (χ1n) is 0.667. The van der Waals surface area contributed by atoms with Crippen LogP contribution in [0.1, 0.15) is 0 Å². The third-order valence-electron chi connectivity index (χ3n) is 0. The molecule has 0 amide bonds. The second-order valence-corrected chi connectivity index (χ2v) is 1.22. The van der Waals surface area contributed by atoms with Gasteiger partial charge in [-0.25, -0.2) is 0 Å². The van der Waals surface area contributed by atoms with Crippen LogP contribution in [-0.2, 0) is 29.9 Å². The second kappa shape index (κ2) is 2.63. The van der Waals surface area contributed by atoms with Crippen molar-refractivity contribution in [1.29, 1.82) is 0 Å². The van der Waals surface area contributed by atoms with Crippen molar-refractivity contribution < 1.29 is 37.0 Å². The number of hydrogen-bond acceptors (Lipinski definition) is 4. The fourth-order valence-electron chi connectivity index (χ4n) is 0. The van der Waals surface area contributed by atoms with E-state index >= 15 is 0 Å². The third kappa shape index (κ3) is 225. The van der Waals surface area contributed by atoms with Gasteiger partial charge < -0.3 is 9.11 Å². The van der Waals surface area contributed by atoms with E-state index in [1.807, 2.05) is 0 Å². The first-order valence-corrected chi connectivity index (χ1v) is 2.00. The molecular weight excluding hydrogens is 197 g/mol. The van der Waals surface area contributed by atoms with Crippen LogP contribution in [0.2, 0.25) is 0 Å². The molecule has 0 bridgehead atoms. The third-order valence-corrected chi connectivity index (χ3v) is 0. The van der Waals surface area contributed by atoms with Crippen molar-refractivity contribution in [2.75, 3.05) is 0 Å². The van der Waals surface area contributed by atoms with Crippen molar-refractivity contribution in [1.82, 2.24) is 0 Å².